The van der Waals surface area contributed by atoms with Crippen molar-refractivity contribution in [1.82, 2.24) is 14.9 Å². The Morgan fingerprint density at radius 1 is 1.30 bits per heavy atom. The zero-order valence-electron chi connectivity index (χ0n) is 13.3. The van der Waals surface area contributed by atoms with Gasteiger partial charge in [0.1, 0.15) is 0 Å². The average molecular weight is 311 g/mol. The van der Waals surface area contributed by atoms with Crippen molar-refractivity contribution in [1.29, 1.82) is 0 Å². The van der Waals surface area contributed by atoms with Gasteiger partial charge in [-0.1, -0.05) is 0 Å². The van der Waals surface area contributed by atoms with Crippen LogP contribution in [0.1, 0.15) is 23.2 Å². The Bertz CT molecular complexity index is 641. The Kier molecular flexibility index (Phi) is 4.98. The molecule has 0 aromatic carbocycles. The van der Waals surface area contributed by atoms with Gasteiger partial charge in [-0.2, -0.15) is 0 Å². The molecule has 0 radical (unpaired) electrons. The normalized spacial score (nSPS) is 18.0. The van der Waals surface area contributed by atoms with Gasteiger partial charge >= 0.3 is 0 Å². The van der Waals surface area contributed by atoms with E-state index in [-0.39, 0.29) is 5.91 Å². The molecule has 2 aromatic heterocycles. The number of piperidine rings is 1. The Balaban J connectivity index is 1.70. The van der Waals surface area contributed by atoms with Crippen LogP contribution in [0.4, 0.5) is 0 Å². The van der Waals surface area contributed by atoms with Crippen molar-refractivity contribution in [3.05, 3.63) is 48.4 Å². The number of likely N-dealkylation sites (tertiary alicyclic amines) is 1. The molecule has 120 valence electrons. The molecule has 1 amide bonds. The lowest BCUT2D eigenvalue weighted by Crippen LogP contribution is -2.41. The van der Waals surface area contributed by atoms with E-state index in [2.05, 4.69) is 9.97 Å². The minimum Gasteiger partial charge on any atom is -0.384 e. The highest BCUT2D eigenvalue weighted by atomic mass is 16.5. The summed E-state index contributed by atoms with van der Waals surface area (Å²) in [5.41, 5.74) is 2.48. The molecular weight excluding hydrogens is 290 g/mol. The monoisotopic (exact) mass is 311 g/mol. The summed E-state index contributed by atoms with van der Waals surface area (Å²) in [4.78, 5) is 23.0. The van der Waals surface area contributed by atoms with Crippen LogP contribution in [0.15, 0.2) is 42.9 Å². The lowest BCUT2D eigenvalue weighted by molar-refractivity contribution is 0.0570. The summed E-state index contributed by atoms with van der Waals surface area (Å²) < 4.78 is 5.22. The largest absolute Gasteiger partial charge is 0.384 e. The molecule has 0 spiro atoms. The molecule has 0 saturated carbocycles. The van der Waals surface area contributed by atoms with Gasteiger partial charge in [0.25, 0.3) is 5.91 Å². The number of nitrogens with zero attached hydrogens (tertiary/aromatic N) is 3. The van der Waals surface area contributed by atoms with Gasteiger partial charge in [-0.3, -0.25) is 14.8 Å². The second-order valence-corrected chi connectivity index (χ2v) is 5.88. The number of rotatable bonds is 4. The SMILES string of the molecule is COC[C@@H]1CCCN(C(=O)c2ccc(-c3ccncc3)nc2)C1. The topological polar surface area (TPSA) is 55.3 Å². The fourth-order valence-electron chi connectivity index (χ4n) is 3.02. The minimum atomic E-state index is 0.0552. The van der Waals surface area contributed by atoms with Crippen molar-refractivity contribution >= 4 is 5.91 Å². The van der Waals surface area contributed by atoms with Crippen molar-refractivity contribution in [2.75, 3.05) is 26.8 Å². The molecule has 1 aliphatic rings. The van der Waals surface area contributed by atoms with Crippen LogP contribution in [0.25, 0.3) is 11.3 Å². The molecule has 23 heavy (non-hydrogen) atoms. The third kappa shape index (κ3) is 3.74. The molecule has 1 atom stereocenters. The lowest BCUT2D eigenvalue weighted by atomic mass is 9.98. The second kappa shape index (κ2) is 7.33. The van der Waals surface area contributed by atoms with Gasteiger partial charge in [-0.05, 0) is 43.0 Å². The van der Waals surface area contributed by atoms with Crippen LogP contribution in [-0.4, -0.2) is 47.6 Å². The van der Waals surface area contributed by atoms with Crippen LogP contribution in [0.3, 0.4) is 0 Å². The quantitative estimate of drug-likeness (QED) is 0.871. The first-order valence-electron chi connectivity index (χ1n) is 7.92. The number of carbonyl (C=O) groups is 1. The summed E-state index contributed by atoms with van der Waals surface area (Å²) in [6, 6.07) is 7.55. The molecule has 1 saturated heterocycles. The summed E-state index contributed by atoms with van der Waals surface area (Å²) in [7, 11) is 1.71. The predicted octanol–water partition coefficient (Wildman–Crippen LogP) is 2.64. The van der Waals surface area contributed by atoms with E-state index in [0.717, 1.165) is 37.2 Å². The third-order valence-electron chi connectivity index (χ3n) is 4.20. The summed E-state index contributed by atoms with van der Waals surface area (Å²) in [5.74, 6) is 0.487. The first kappa shape index (κ1) is 15.6. The number of amides is 1. The number of methoxy groups -OCH3 is 1. The highest BCUT2D eigenvalue weighted by Gasteiger charge is 2.24. The fourth-order valence-corrected chi connectivity index (χ4v) is 3.02. The van der Waals surface area contributed by atoms with Gasteiger partial charge in [0, 0.05) is 44.4 Å². The van der Waals surface area contributed by atoms with Gasteiger partial charge in [-0.15, -0.1) is 0 Å². The lowest BCUT2D eigenvalue weighted by Gasteiger charge is -2.32. The second-order valence-electron chi connectivity index (χ2n) is 5.88. The maximum absolute atomic E-state index is 12.6. The zero-order chi connectivity index (χ0) is 16.1. The number of pyridine rings is 2. The van der Waals surface area contributed by atoms with Gasteiger partial charge in [0.05, 0.1) is 17.9 Å². The number of hydrogen-bond donors (Lipinski definition) is 0. The Morgan fingerprint density at radius 3 is 2.83 bits per heavy atom. The zero-order valence-corrected chi connectivity index (χ0v) is 13.3. The standard InChI is InChI=1S/C18H21N3O2/c1-23-13-14-3-2-10-21(12-14)18(22)16-4-5-17(20-11-16)15-6-8-19-9-7-15/h4-9,11,14H,2-3,10,12-13H2,1H3/t14-/m1/s1. The number of aromatic nitrogens is 2. The van der Waals surface area contributed by atoms with Crippen molar-refractivity contribution in [2.24, 2.45) is 5.92 Å². The van der Waals surface area contributed by atoms with Crippen LogP contribution in [0.5, 0.6) is 0 Å². The van der Waals surface area contributed by atoms with E-state index in [1.54, 1.807) is 25.7 Å². The fraction of sp³-hybridized carbons (Fsp3) is 0.389. The molecule has 5 nitrogen and oxygen atoms in total. The van der Waals surface area contributed by atoms with Crippen molar-refractivity contribution in [3.63, 3.8) is 0 Å². The average Bonchev–Trinajstić information content (AvgIpc) is 2.62. The first-order chi connectivity index (χ1) is 11.3. The highest BCUT2D eigenvalue weighted by Crippen LogP contribution is 2.20. The predicted molar refractivity (Wildman–Crippen MR) is 88.0 cm³/mol. The van der Waals surface area contributed by atoms with Crippen LogP contribution >= 0.6 is 0 Å². The van der Waals surface area contributed by atoms with Crippen LogP contribution in [-0.2, 0) is 4.74 Å². The Labute approximate surface area is 136 Å². The maximum Gasteiger partial charge on any atom is 0.255 e. The number of carbonyl (C=O) groups excluding carboxylic acids is 1. The maximum atomic E-state index is 12.6. The third-order valence-corrected chi connectivity index (χ3v) is 4.20. The van der Waals surface area contributed by atoms with E-state index in [9.17, 15) is 4.79 Å². The molecule has 0 unspecified atom stereocenters. The van der Waals surface area contributed by atoms with Crippen LogP contribution in [0.2, 0.25) is 0 Å². The van der Waals surface area contributed by atoms with E-state index in [1.807, 2.05) is 29.2 Å². The smallest absolute Gasteiger partial charge is 0.255 e. The van der Waals surface area contributed by atoms with Crippen molar-refractivity contribution in [3.8, 4) is 11.3 Å². The van der Waals surface area contributed by atoms with E-state index >= 15 is 0 Å². The molecule has 1 aliphatic heterocycles. The Morgan fingerprint density at radius 2 is 2.13 bits per heavy atom. The molecule has 5 heteroatoms. The molecule has 0 aliphatic carbocycles. The minimum absolute atomic E-state index is 0.0552. The van der Waals surface area contributed by atoms with Crippen molar-refractivity contribution in [2.45, 2.75) is 12.8 Å². The summed E-state index contributed by atoms with van der Waals surface area (Å²) in [6.07, 6.45) is 7.29. The van der Waals surface area contributed by atoms with E-state index in [1.165, 1.54) is 0 Å². The molecule has 3 heterocycles. The van der Waals surface area contributed by atoms with Crippen LogP contribution < -0.4 is 0 Å². The summed E-state index contributed by atoms with van der Waals surface area (Å²) in [5, 5.41) is 0. The Hall–Kier alpha value is -2.27. The number of ether oxygens (including phenoxy) is 1. The van der Waals surface area contributed by atoms with Gasteiger partial charge in [0.15, 0.2) is 0 Å². The van der Waals surface area contributed by atoms with E-state index in [4.69, 9.17) is 4.74 Å². The molecule has 2 aromatic rings. The molecule has 3 rings (SSSR count). The van der Waals surface area contributed by atoms with Gasteiger partial charge in [-0.25, -0.2) is 0 Å². The molecular formula is C18H21N3O2. The molecule has 0 bridgehead atoms. The van der Waals surface area contributed by atoms with Crippen molar-refractivity contribution < 1.29 is 9.53 Å². The summed E-state index contributed by atoms with van der Waals surface area (Å²) in [6.45, 7) is 2.28. The summed E-state index contributed by atoms with van der Waals surface area (Å²) >= 11 is 0. The highest BCUT2D eigenvalue weighted by molar-refractivity contribution is 5.94. The van der Waals surface area contributed by atoms with Crippen LogP contribution in [0, 0.1) is 5.92 Å². The number of hydrogen-bond acceptors (Lipinski definition) is 4. The first-order valence-corrected chi connectivity index (χ1v) is 7.92. The molecule has 1 fully saturated rings. The van der Waals surface area contributed by atoms with Gasteiger partial charge in [0.2, 0.25) is 0 Å². The molecule has 0 N–H and O–H groups in total. The van der Waals surface area contributed by atoms with E-state index in [0.29, 0.717) is 18.1 Å². The van der Waals surface area contributed by atoms with Gasteiger partial charge < -0.3 is 9.64 Å². The van der Waals surface area contributed by atoms with E-state index < -0.39 is 0 Å².